The van der Waals surface area contributed by atoms with E-state index in [2.05, 4.69) is 28.5 Å². The normalized spacial score (nSPS) is 29.2. The van der Waals surface area contributed by atoms with Crippen LogP contribution in [0, 0.1) is 22.7 Å². The van der Waals surface area contributed by atoms with Crippen molar-refractivity contribution in [1.82, 2.24) is 9.80 Å². The zero-order valence-corrected chi connectivity index (χ0v) is 15.3. The van der Waals surface area contributed by atoms with Crippen LogP contribution in [0.25, 0.3) is 0 Å². The van der Waals surface area contributed by atoms with Gasteiger partial charge >= 0.3 is 0 Å². The van der Waals surface area contributed by atoms with E-state index in [0.29, 0.717) is 12.5 Å². The van der Waals surface area contributed by atoms with E-state index in [4.69, 9.17) is 4.74 Å². The van der Waals surface area contributed by atoms with E-state index in [1.807, 2.05) is 4.90 Å². The Labute approximate surface area is 153 Å². The maximum Gasteiger partial charge on any atom is 0.243 e. The molecular formula is C19H25N3O2S. The number of carbonyl (C=O) groups is 1. The van der Waals surface area contributed by atoms with Crippen LogP contribution in [0.15, 0.2) is 17.5 Å². The van der Waals surface area contributed by atoms with Gasteiger partial charge in [-0.1, -0.05) is 18.9 Å². The first-order chi connectivity index (χ1) is 12.2. The van der Waals surface area contributed by atoms with Crippen LogP contribution in [-0.4, -0.2) is 54.6 Å². The van der Waals surface area contributed by atoms with Crippen molar-refractivity contribution in [2.75, 3.05) is 32.8 Å². The predicted molar refractivity (Wildman–Crippen MR) is 95.9 cm³/mol. The minimum atomic E-state index is -0.764. The Morgan fingerprint density at radius 1 is 1.36 bits per heavy atom. The summed E-state index contributed by atoms with van der Waals surface area (Å²) in [7, 11) is 0. The number of thiophene rings is 1. The van der Waals surface area contributed by atoms with Gasteiger partial charge < -0.3 is 9.64 Å². The fourth-order valence-electron chi connectivity index (χ4n) is 4.55. The largest absolute Gasteiger partial charge is 0.375 e. The van der Waals surface area contributed by atoms with E-state index in [1.165, 1.54) is 4.88 Å². The molecule has 1 aromatic rings. The number of hydrogen-bond donors (Lipinski definition) is 0. The van der Waals surface area contributed by atoms with E-state index in [0.717, 1.165) is 58.5 Å². The molecular weight excluding hydrogens is 334 g/mol. The molecule has 2 aliphatic heterocycles. The second-order valence-corrected chi connectivity index (χ2v) is 8.63. The van der Waals surface area contributed by atoms with Gasteiger partial charge in [0.25, 0.3) is 0 Å². The lowest BCUT2D eigenvalue weighted by Gasteiger charge is -2.27. The van der Waals surface area contributed by atoms with Crippen molar-refractivity contribution in [3.8, 4) is 6.07 Å². The molecule has 134 valence electrons. The highest BCUT2D eigenvalue weighted by molar-refractivity contribution is 7.09. The lowest BCUT2D eigenvalue weighted by atomic mass is 9.86. The molecule has 25 heavy (non-hydrogen) atoms. The lowest BCUT2D eigenvalue weighted by molar-refractivity contribution is -0.138. The highest BCUT2D eigenvalue weighted by atomic mass is 32.1. The summed E-state index contributed by atoms with van der Waals surface area (Å²) in [6, 6.07) is 6.61. The van der Waals surface area contributed by atoms with Crippen LogP contribution in [0.5, 0.6) is 0 Å². The second kappa shape index (κ2) is 7.06. The first-order valence-electron chi connectivity index (χ1n) is 9.27. The van der Waals surface area contributed by atoms with Crippen LogP contribution in [0.3, 0.4) is 0 Å². The van der Waals surface area contributed by atoms with Crippen LogP contribution in [-0.2, 0) is 16.1 Å². The highest BCUT2D eigenvalue weighted by Crippen LogP contribution is 2.40. The van der Waals surface area contributed by atoms with Gasteiger partial charge in [-0.05, 0) is 24.3 Å². The van der Waals surface area contributed by atoms with E-state index < -0.39 is 5.41 Å². The summed E-state index contributed by atoms with van der Waals surface area (Å²) in [5.74, 6) is 0.400. The molecule has 0 aromatic carbocycles. The van der Waals surface area contributed by atoms with Gasteiger partial charge in [-0.15, -0.1) is 11.3 Å². The van der Waals surface area contributed by atoms with Gasteiger partial charge in [-0.2, -0.15) is 5.26 Å². The van der Waals surface area contributed by atoms with Crippen molar-refractivity contribution < 1.29 is 9.53 Å². The number of likely N-dealkylation sites (tertiary alicyclic amines) is 1. The lowest BCUT2D eigenvalue weighted by Crippen LogP contribution is -2.42. The molecule has 1 aromatic heterocycles. The molecule has 0 unspecified atom stereocenters. The van der Waals surface area contributed by atoms with Gasteiger partial charge in [-0.3, -0.25) is 9.69 Å². The Morgan fingerprint density at radius 3 is 2.92 bits per heavy atom. The second-order valence-electron chi connectivity index (χ2n) is 7.59. The van der Waals surface area contributed by atoms with E-state index in [9.17, 15) is 10.1 Å². The summed E-state index contributed by atoms with van der Waals surface area (Å²) >= 11 is 1.79. The molecule has 2 saturated heterocycles. The molecule has 0 radical (unpaired) electrons. The van der Waals surface area contributed by atoms with Gasteiger partial charge in [0.15, 0.2) is 0 Å². The summed E-state index contributed by atoms with van der Waals surface area (Å²) in [5.41, 5.74) is -0.764. The third kappa shape index (κ3) is 3.33. The van der Waals surface area contributed by atoms with Gasteiger partial charge in [0.05, 0.1) is 18.8 Å². The summed E-state index contributed by atoms with van der Waals surface area (Å²) in [6.45, 7) is 4.97. The molecule has 0 spiro atoms. The molecule has 1 amide bonds. The number of amides is 1. The van der Waals surface area contributed by atoms with E-state index in [1.54, 1.807) is 11.3 Å². The number of fused-ring (bicyclic) bond motifs is 1. The molecule has 1 saturated carbocycles. The summed E-state index contributed by atoms with van der Waals surface area (Å²) in [5, 5.41) is 11.7. The minimum absolute atomic E-state index is 0.0500. The fourth-order valence-corrected chi connectivity index (χ4v) is 5.29. The first kappa shape index (κ1) is 17.0. The van der Waals surface area contributed by atoms with E-state index >= 15 is 0 Å². The summed E-state index contributed by atoms with van der Waals surface area (Å²) < 4.78 is 6.07. The summed E-state index contributed by atoms with van der Waals surface area (Å²) in [6.07, 6.45) is 3.55. The van der Waals surface area contributed by atoms with Gasteiger partial charge in [0.1, 0.15) is 5.41 Å². The smallest absolute Gasteiger partial charge is 0.243 e. The molecule has 1 aliphatic carbocycles. The third-order valence-electron chi connectivity index (χ3n) is 5.94. The van der Waals surface area contributed by atoms with Crippen LogP contribution in [0.1, 0.15) is 30.6 Å². The van der Waals surface area contributed by atoms with Crippen molar-refractivity contribution >= 4 is 17.2 Å². The molecule has 3 aliphatic rings. The van der Waals surface area contributed by atoms with Gasteiger partial charge in [-0.25, -0.2) is 0 Å². The van der Waals surface area contributed by atoms with Crippen molar-refractivity contribution in [2.45, 2.75) is 38.3 Å². The Kier molecular flexibility index (Phi) is 4.81. The molecule has 3 fully saturated rings. The van der Waals surface area contributed by atoms with Crippen molar-refractivity contribution in [1.29, 1.82) is 5.26 Å². The van der Waals surface area contributed by atoms with E-state index in [-0.39, 0.29) is 12.0 Å². The highest BCUT2D eigenvalue weighted by Gasteiger charge is 2.48. The first-order valence-corrected chi connectivity index (χ1v) is 10.2. The average Bonchev–Trinajstić information content (AvgIpc) is 3.35. The maximum absolute atomic E-state index is 13.0. The molecule has 4 rings (SSSR count). The van der Waals surface area contributed by atoms with Crippen LogP contribution >= 0.6 is 11.3 Å². The van der Waals surface area contributed by atoms with Crippen LogP contribution < -0.4 is 0 Å². The predicted octanol–water partition coefficient (Wildman–Crippen LogP) is 2.49. The molecule has 2 atom stereocenters. The Balaban J connectivity index is 1.42. The van der Waals surface area contributed by atoms with Crippen LogP contribution in [0.2, 0.25) is 0 Å². The number of hydrogen-bond acceptors (Lipinski definition) is 5. The molecule has 6 heteroatoms. The minimum Gasteiger partial charge on any atom is -0.375 e. The van der Waals surface area contributed by atoms with Crippen molar-refractivity contribution in [3.05, 3.63) is 22.4 Å². The topological polar surface area (TPSA) is 56.6 Å². The van der Waals surface area contributed by atoms with Gasteiger partial charge in [0.2, 0.25) is 5.91 Å². The monoisotopic (exact) mass is 359 g/mol. The number of rotatable bonds is 3. The SMILES string of the molecule is N#CC1(C(=O)N2C[C@@H]3CN(Cc4cccs4)CCO[C@@H]3C2)CCCC1. The molecule has 0 bridgehead atoms. The number of ether oxygens (including phenoxy) is 1. The maximum atomic E-state index is 13.0. The summed E-state index contributed by atoms with van der Waals surface area (Å²) in [4.78, 5) is 18.7. The Morgan fingerprint density at radius 2 is 2.20 bits per heavy atom. The Bertz CT molecular complexity index is 648. The number of carbonyl (C=O) groups excluding carboxylic acids is 1. The Hall–Kier alpha value is -1.42. The van der Waals surface area contributed by atoms with Crippen LogP contribution in [0.4, 0.5) is 0 Å². The zero-order valence-electron chi connectivity index (χ0n) is 14.5. The molecule has 5 nitrogen and oxygen atoms in total. The standard InChI is InChI=1S/C19H25N3O2S/c20-14-19(5-1-2-6-19)18(23)22-11-15-10-21(7-8-24-17(15)13-22)12-16-4-3-9-25-16/h3-4,9,15,17H,1-2,5-8,10-13H2/t15-,17+/m0/s1. The van der Waals surface area contributed by atoms with Crippen molar-refractivity contribution in [2.24, 2.45) is 11.3 Å². The van der Waals surface area contributed by atoms with Crippen molar-refractivity contribution in [3.63, 3.8) is 0 Å². The molecule has 3 heterocycles. The molecule has 0 N–H and O–H groups in total. The quantitative estimate of drug-likeness (QED) is 0.832. The number of nitriles is 1. The van der Waals surface area contributed by atoms with Gasteiger partial charge in [0, 0.05) is 43.5 Å². The number of nitrogens with zero attached hydrogens (tertiary/aromatic N) is 3. The third-order valence-corrected chi connectivity index (χ3v) is 6.80. The fraction of sp³-hybridized carbons (Fsp3) is 0.684. The average molecular weight is 359 g/mol. The zero-order chi connectivity index (χ0) is 17.3.